The second kappa shape index (κ2) is 10.6. The molecule has 3 heterocycles. The SMILES string of the molecule is CC(=O)O[C@H]1[C@H](OC(=O)c2ccccc2)[C@H](COC(=O)c2ccccc2)O[C@@H]1n1cnc2c(N)ncnc21. The standard InChI is InChI=1S/C26H23N5O7/c1-15(32)36-21-20(38-26(34)17-10-6-3-7-11-17)18(12-35-25(33)16-8-4-2-5-9-16)37-24(21)31-14-30-19-22(27)28-13-29-23(19)31/h2-11,13-14,18,20-21,24H,12H2,1H3,(H2,27,28,29)/t18-,20+,21-,24-/m0/s1. The van der Waals surface area contributed by atoms with Gasteiger partial charge in [0, 0.05) is 6.92 Å². The van der Waals surface area contributed by atoms with Gasteiger partial charge in [-0.15, -0.1) is 0 Å². The third-order valence-corrected chi connectivity index (χ3v) is 5.89. The second-order valence-corrected chi connectivity index (χ2v) is 8.42. The normalized spacial score (nSPS) is 20.7. The Morgan fingerprint density at radius 1 is 0.895 bits per heavy atom. The van der Waals surface area contributed by atoms with Gasteiger partial charge in [-0.3, -0.25) is 9.36 Å². The van der Waals surface area contributed by atoms with Crippen molar-refractivity contribution in [2.24, 2.45) is 0 Å². The predicted molar refractivity (Wildman–Crippen MR) is 132 cm³/mol. The van der Waals surface area contributed by atoms with Crippen molar-refractivity contribution < 1.29 is 33.3 Å². The molecule has 38 heavy (non-hydrogen) atoms. The molecule has 194 valence electrons. The number of ether oxygens (including phenoxy) is 4. The molecule has 0 unspecified atom stereocenters. The fraction of sp³-hybridized carbons (Fsp3) is 0.231. The van der Waals surface area contributed by atoms with E-state index in [-0.39, 0.29) is 18.0 Å². The van der Waals surface area contributed by atoms with Crippen molar-refractivity contribution in [3.8, 4) is 0 Å². The van der Waals surface area contributed by atoms with Gasteiger partial charge < -0.3 is 24.7 Å². The summed E-state index contributed by atoms with van der Waals surface area (Å²) >= 11 is 0. The number of nitrogens with two attached hydrogens (primary N) is 1. The number of rotatable bonds is 7. The number of hydrogen-bond donors (Lipinski definition) is 1. The summed E-state index contributed by atoms with van der Waals surface area (Å²) in [7, 11) is 0. The molecule has 1 aliphatic rings. The fourth-order valence-electron chi connectivity index (χ4n) is 4.16. The van der Waals surface area contributed by atoms with E-state index in [9.17, 15) is 14.4 Å². The topological polar surface area (TPSA) is 158 Å². The molecular formula is C26H23N5O7. The number of fused-ring (bicyclic) bond motifs is 1. The summed E-state index contributed by atoms with van der Waals surface area (Å²) in [6, 6.07) is 16.7. The number of esters is 3. The Balaban J connectivity index is 1.48. The highest BCUT2D eigenvalue weighted by Crippen LogP contribution is 2.36. The zero-order valence-corrected chi connectivity index (χ0v) is 20.2. The van der Waals surface area contributed by atoms with Crippen molar-refractivity contribution in [3.63, 3.8) is 0 Å². The van der Waals surface area contributed by atoms with Gasteiger partial charge in [0.05, 0.1) is 17.5 Å². The quantitative estimate of drug-likeness (QED) is 0.283. The minimum absolute atomic E-state index is 0.149. The number of imidazole rings is 1. The Bertz CT molecular complexity index is 1460. The Hall–Kier alpha value is -4.84. The lowest BCUT2D eigenvalue weighted by atomic mass is 10.1. The molecule has 0 amide bonds. The van der Waals surface area contributed by atoms with Crippen molar-refractivity contribution in [1.29, 1.82) is 0 Å². The summed E-state index contributed by atoms with van der Waals surface area (Å²) < 4.78 is 24.6. The minimum atomic E-state index is -1.14. The first-order valence-electron chi connectivity index (χ1n) is 11.7. The minimum Gasteiger partial charge on any atom is -0.459 e. The summed E-state index contributed by atoms with van der Waals surface area (Å²) in [4.78, 5) is 50.1. The van der Waals surface area contributed by atoms with E-state index < -0.39 is 42.4 Å². The maximum absolute atomic E-state index is 13.0. The molecule has 12 nitrogen and oxygen atoms in total. The molecule has 2 N–H and O–H groups in total. The van der Waals surface area contributed by atoms with E-state index in [4.69, 9.17) is 24.7 Å². The lowest BCUT2D eigenvalue weighted by molar-refractivity contribution is -0.156. The Morgan fingerprint density at radius 3 is 2.21 bits per heavy atom. The number of carbonyl (C=O) groups excluding carboxylic acids is 3. The van der Waals surface area contributed by atoms with Gasteiger partial charge in [0.15, 0.2) is 29.9 Å². The number of nitrogens with zero attached hydrogens (tertiary/aromatic N) is 4. The first kappa shape index (κ1) is 24.8. The van der Waals surface area contributed by atoms with E-state index >= 15 is 0 Å². The van der Waals surface area contributed by atoms with E-state index in [2.05, 4.69) is 15.0 Å². The molecule has 0 spiro atoms. The molecule has 4 aromatic rings. The van der Waals surface area contributed by atoms with Crippen molar-refractivity contribution in [3.05, 3.63) is 84.4 Å². The first-order valence-corrected chi connectivity index (χ1v) is 11.7. The van der Waals surface area contributed by atoms with Crippen LogP contribution in [0.1, 0.15) is 33.9 Å². The smallest absolute Gasteiger partial charge is 0.338 e. The van der Waals surface area contributed by atoms with Gasteiger partial charge in [-0.05, 0) is 24.3 Å². The zero-order chi connectivity index (χ0) is 26.6. The highest BCUT2D eigenvalue weighted by molar-refractivity contribution is 5.90. The summed E-state index contributed by atoms with van der Waals surface area (Å²) in [6.07, 6.45) is -1.64. The molecule has 2 aromatic carbocycles. The van der Waals surface area contributed by atoms with Crippen LogP contribution in [0.5, 0.6) is 0 Å². The number of aromatic nitrogens is 4. The monoisotopic (exact) mass is 517 g/mol. The van der Waals surface area contributed by atoms with Crippen molar-refractivity contribution in [2.75, 3.05) is 12.3 Å². The van der Waals surface area contributed by atoms with E-state index in [0.717, 1.165) is 0 Å². The highest BCUT2D eigenvalue weighted by Gasteiger charge is 2.51. The van der Waals surface area contributed by atoms with Gasteiger partial charge in [-0.2, -0.15) is 0 Å². The van der Waals surface area contributed by atoms with E-state index in [0.29, 0.717) is 16.7 Å². The Kier molecular flexibility index (Phi) is 6.96. The molecule has 1 saturated heterocycles. The van der Waals surface area contributed by atoms with Crippen LogP contribution in [0.15, 0.2) is 73.3 Å². The average molecular weight is 517 g/mol. The summed E-state index contributed by atoms with van der Waals surface area (Å²) in [6.45, 7) is 0.931. The molecule has 2 aromatic heterocycles. The number of anilines is 1. The van der Waals surface area contributed by atoms with E-state index in [1.54, 1.807) is 60.7 Å². The van der Waals surface area contributed by atoms with Gasteiger partial charge in [0.1, 0.15) is 24.6 Å². The maximum Gasteiger partial charge on any atom is 0.338 e. The number of nitrogen functional groups attached to an aromatic ring is 1. The Labute approximate surface area is 216 Å². The Morgan fingerprint density at radius 2 is 1.55 bits per heavy atom. The summed E-state index contributed by atoms with van der Waals surface area (Å²) in [5, 5.41) is 0. The van der Waals surface area contributed by atoms with Crippen LogP contribution in [0.4, 0.5) is 5.82 Å². The molecule has 4 atom stereocenters. The zero-order valence-electron chi connectivity index (χ0n) is 20.2. The largest absolute Gasteiger partial charge is 0.459 e. The molecule has 12 heteroatoms. The third-order valence-electron chi connectivity index (χ3n) is 5.89. The van der Waals surface area contributed by atoms with Crippen LogP contribution in [0, 0.1) is 0 Å². The molecule has 0 aliphatic carbocycles. The van der Waals surface area contributed by atoms with Gasteiger partial charge in [0.2, 0.25) is 0 Å². The third kappa shape index (κ3) is 5.02. The first-order chi connectivity index (χ1) is 18.4. The van der Waals surface area contributed by atoms with Gasteiger partial charge in [0.25, 0.3) is 0 Å². The van der Waals surface area contributed by atoms with Crippen molar-refractivity contribution in [1.82, 2.24) is 19.5 Å². The molecule has 0 bridgehead atoms. The molecule has 1 aliphatic heterocycles. The molecule has 0 radical (unpaired) electrons. The maximum atomic E-state index is 13.0. The van der Waals surface area contributed by atoms with Gasteiger partial charge >= 0.3 is 17.9 Å². The molecular weight excluding hydrogens is 494 g/mol. The number of benzene rings is 2. The number of hydrogen-bond acceptors (Lipinski definition) is 11. The average Bonchev–Trinajstić information content (AvgIpc) is 3.50. The summed E-state index contributed by atoms with van der Waals surface area (Å²) in [5.41, 5.74) is 7.17. The van der Waals surface area contributed by atoms with Crippen LogP contribution in [0.2, 0.25) is 0 Å². The van der Waals surface area contributed by atoms with Crippen LogP contribution in [-0.4, -0.2) is 62.3 Å². The van der Waals surface area contributed by atoms with Crippen molar-refractivity contribution >= 4 is 34.9 Å². The van der Waals surface area contributed by atoms with Crippen molar-refractivity contribution in [2.45, 2.75) is 31.5 Å². The highest BCUT2D eigenvalue weighted by atomic mass is 16.7. The van der Waals surface area contributed by atoms with Gasteiger partial charge in [-0.1, -0.05) is 36.4 Å². The number of carbonyl (C=O) groups is 3. The van der Waals surface area contributed by atoms with Crippen LogP contribution in [-0.2, 0) is 23.7 Å². The van der Waals surface area contributed by atoms with Crippen LogP contribution in [0.25, 0.3) is 11.2 Å². The second-order valence-electron chi connectivity index (χ2n) is 8.42. The molecule has 1 fully saturated rings. The van der Waals surface area contributed by atoms with Crippen LogP contribution < -0.4 is 5.73 Å². The lowest BCUT2D eigenvalue weighted by Gasteiger charge is -2.24. The van der Waals surface area contributed by atoms with E-state index in [1.165, 1.54) is 24.1 Å². The predicted octanol–water partition coefficient (Wildman–Crippen LogP) is 2.32. The fourth-order valence-corrected chi connectivity index (χ4v) is 4.16. The summed E-state index contributed by atoms with van der Waals surface area (Å²) in [5.74, 6) is -1.75. The lowest BCUT2D eigenvalue weighted by Crippen LogP contribution is -2.41. The van der Waals surface area contributed by atoms with Gasteiger partial charge in [-0.25, -0.2) is 24.5 Å². The molecule has 5 rings (SSSR count). The molecule has 0 saturated carbocycles. The van der Waals surface area contributed by atoms with Crippen LogP contribution >= 0.6 is 0 Å². The van der Waals surface area contributed by atoms with E-state index in [1.807, 2.05) is 0 Å². The van der Waals surface area contributed by atoms with Crippen LogP contribution in [0.3, 0.4) is 0 Å².